The van der Waals surface area contributed by atoms with E-state index in [-0.39, 0.29) is 5.91 Å². The fourth-order valence-electron chi connectivity index (χ4n) is 2.99. The van der Waals surface area contributed by atoms with E-state index in [4.69, 9.17) is 10.2 Å². The number of para-hydroxylation sites is 2. The molecule has 0 bridgehead atoms. The molecule has 3 rings (SSSR count). The highest BCUT2D eigenvalue weighted by Crippen LogP contribution is 2.38. The molecule has 5 heteroatoms. The summed E-state index contributed by atoms with van der Waals surface area (Å²) in [5.74, 6) is 0.910. The monoisotopic (exact) mass is 301 g/mol. The van der Waals surface area contributed by atoms with Crippen molar-refractivity contribution in [1.29, 1.82) is 0 Å². The number of unbranched alkanes of at least 4 members (excludes halogenated alkanes) is 3. The van der Waals surface area contributed by atoms with Crippen LogP contribution in [0.5, 0.6) is 0 Å². The number of rotatable bonds is 8. The number of hydrogen-bond acceptors (Lipinski definition) is 3. The van der Waals surface area contributed by atoms with Gasteiger partial charge >= 0.3 is 0 Å². The van der Waals surface area contributed by atoms with E-state index in [0.29, 0.717) is 12.5 Å². The minimum absolute atomic E-state index is 0.296. The van der Waals surface area contributed by atoms with Crippen LogP contribution in [0.25, 0.3) is 11.0 Å². The number of carbonyl (C=O) groups is 1. The Morgan fingerprint density at radius 2 is 2.00 bits per heavy atom. The van der Waals surface area contributed by atoms with Gasteiger partial charge in [-0.1, -0.05) is 25.0 Å². The number of imidazole rings is 1. The second-order valence-electron chi connectivity index (χ2n) is 6.07. The largest absolute Gasteiger partial charge is 0.325 e. The smallest absolute Gasteiger partial charge is 0.243 e. The molecule has 0 aliphatic heterocycles. The summed E-state index contributed by atoms with van der Waals surface area (Å²) in [7, 11) is 0. The average molecular weight is 301 g/mol. The molecule has 0 radical (unpaired) electrons. The van der Waals surface area contributed by atoms with Crippen LogP contribution in [0.3, 0.4) is 0 Å². The van der Waals surface area contributed by atoms with Crippen molar-refractivity contribution >= 4 is 16.9 Å². The molecular weight excluding hydrogens is 278 g/mol. The Morgan fingerprint density at radius 1 is 1.23 bits per heavy atom. The first-order valence-corrected chi connectivity index (χ1v) is 8.18. The lowest BCUT2D eigenvalue weighted by molar-refractivity contribution is -0.129. The van der Waals surface area contributed by atoms with Crippen LogP contribution in [0.1, 0.15) is 56.8 Å². The number of benzene rings is 1. The molecule has 2 N–H and O–H groups in total. The number of aromatic nitrogens is 2. The summed E-state index contributed by atoms with van der Waals surface area (Å²) in [5, 5.41) is 8.43. The molecule has 118 valence electrons. The molecule has 1 aliphatic carbocycles. The zero-order valence-electron chi connectivity index (χ0n) is 12.8. The number of aryl methyl sites for hydroxylation is 1. The highest BCUT2D eigenvalue weighted by atomic mass is 16.5. The van der Waals surface area contributed by atoms with E-state index in [1.54, 1.807) is 5.48 Å². The normalized spacial score (nSPS) is 14.4. The Balaban J connectivity index is 1.53. The SMILES string of the molecule is O=C(CCCCCCc1nc2ccccc2n1C1CC1)NO. The van der Waals surface area contributed by atoms with Crippen molar-refractivity contribution in [3.63, 3.8) is 0 Å². The number of carbonyl (C=O) groups excluding carboxylic acids is 1. The molecule has 5 nitrogen and oxygen atoms in total. The highest BCUT2D eigenvalue weighted by molar-refractivity contribution is 5.76. The molecule has 22 heavy (non-hydrogen) atoms. The first-order valence-electron chi connectivity index (χ1n) is 8.18. The van der Waals surface area contributed by atoms with Crippen LogP contribution >= 0.6 is 0 Å². The van der Waals surface area contributed by atoms with Crippen LogP contribution in [-0.2, 0) is 11.2 Å². The Morgan fingerprint density at radius 3 is 2.77 bits per heavy atom. The molecule has 2 aromatic rings. The Kier molecular flexibility index (Phi) is 4.73. The Hall–Kier alpha value is -1.88. The molecule has 0 atom stereocenters. The third-order valence-corrected chi connectivity index (χ3v) is 4.26. The molecule has 1 amide bonds. The van der Waals surface area contributed by atoms with Crippen molar-refractivity contribution in [2.75, 3.05) is 0 Å². The fraction of sp³-hybridized carbons (Fsp3) is 0.529. The zero-order chi connectivity index (χ0) is 15.4. The molecular formula is C17H23N3O2. The van der Waals surface area contributed by atoms with Crippen LogP contribution in [0.15, 0.2) is 24.3 Å². The summed E-state index contributed by atoms with van der Waals surface area (Å²) in [6.45, 7) is 0. The zero-order valence-corrected chi connectivity index (χ0v) is 12.8. The van der Waals surface area contributed by atoms with Crippen LogP contribution in [0.2, 0.25) is 0 Å². The third kappa shape index (κ3) is 3.47. The molecule has 1 aromatic heterocycles. The van der Waals surface area contributed by atoms with Crippen molar-refractivity contribution in [1.82, 2.24) is 15.0 Å². The highest BCUT2D eigenvalue weighted by Gasteiger charge is 2.27. The maximum absolute atomic E-state index is 10.9. The van der Waals surface area contributed by atoms with Crippen molar-refractivity contribution in [3.05, 3.63) is 30.1 Å². The molecule has 1 aliphatic rings. The lowest BCUT2D eigenvalue weighted by atomic mass is 10.1. The topological polar surface area (TPSA) is 67.2 Å². The van der Waals surface area contributed by atoms with E-state index in [1.165, 1.54) is 24.2 Å². The van der Waals surface area contributed by atoms with Gasteiger partial charge in [-0.25, -0.2) is 10.5 Å². The van der Waals surface area contributed by atoms with Crippen LogP contribution in [-0.4, -0.2) is 20.7 Å². The molecule has 1 fully saturated rings. The first kappa shape index (κ1) is 15.0. The predicted molar refractivity (Wildman–Crippen MR) is 84.7 cm³/mol. The Bertz CT molecular complexity index is 646. The number of hydroxylamine groups is 1. The number of hydrogen-bond donors (Lipinski definition) is 2. The van der Waals surface area contributed by atoms with E-state index in [0.717, 1.165) is 37.6 Å². The van der Waals surface area contributed by atoms with Gasteiger partial charge in [-0.05, 0) is 37.8 Å². The molecule has 0 saturated heterocycles. The van der Waals surface area contributed by atoms with Crippen LogP contribution in [0, 0.1) is 0 Å². The molecule has 1 saturated carbocycles. The van der Waals surface area contributed by atoms with Gasteiger partial charge in [0.25, 0.3) is 0 Å². The second kappa shape index (κ2) is 6.92. The van der Waals surface area contributed by atoms with Gasteiger partial charge in [-0.2, -0.15) is 0 Å². The van der Waals surface area contributed by atoms with Gasteiger partial charge in [0.2, 0.25) is 5.91 Å². The number of amides is 1. The Labute approximate surface area is 130 Å². The van der Waals surface area contributed by atoms with Gasteiger partial charge in [-0.3, -0.25) is 10.0 Å². The molecule has 0 spiro atoms. The summed E-state index contributed by atoms with van der Waals surface area (Å²) >= 11 is 0. The maximum Gasteiger partial charge on any atom is 0.243 e. The number of fused-ring (bicyclic) bond motifs is 1. The standard InChI is InChI=1S/C17H23N3O2/c21-17(19-22)10-4-2-1-3-9-16-18-14-7-5-6-8-15(14)20(16)13-11-12-13/h5-8,13,22H,1-4,9-12H2,(H,19,21). The number of nitrogens with one attached hydrogen (secondary N) is 1. The summed E-state index contributed by atoms with van der Waals surface area (Å²) < 4.78 is 2.43. The van der Waals surface area contributed by atoms with Crippen molar-refractivity contribution in [3.8, 4) is 0 Å². The van der Waals surface area contributed by atoms with Gasteiger partial charge in [-0.15, -0.1) is 0 Å². The minimum atomic E-state index is -0.296. The van der Waals surface area contributed by atoms with Crippen molar-refractivity contribution in [2.45, 2.75) is 57.4 Å². The van der Waals surface area contributed by atoms with Crippen molar-refractivity contribution < 1.29 is 10.0 Å². The van der Waals surface area contributed by atoms with E-state index < -0.39 is 0 Å². The third-order valence-electron chi connectivity index (χ3n) is 4.26. The summed E-state index contributed by atoms with van der Waals surface area (Å²) in [4.78, 5) is 15.7. The lowest BCUT2D eigenvalue weighted by Gasteiger charge is -2.07. The van der Waals surface area contributed by atoms with Gasteiger partial charge in [0.1, 0.15) is 5.82 Å². The summed E-state index contributed by atoms with van der Waals surface area (Å²) in [6.07, 6.45) is 7.95. The van der Waals surface area contributed by atoms with E-state index in [2.05, 4.69) is 22.8 Å². The molecule has 1 aromatic carbocycles. The van der Waals surface area contributed by atoms with Crippen LogP contribution in [0.4, 0.5) is 0 Å². The van der Waals surface area contributed by atoms with Gasteiger partial charge in [0.15, 0.2) is 0 Å². The van der Waals surface area contributed by atoms with E-state index in [9.17, 15) is 4.79 Å². The second-order valence-corrected chi connectivity index (χ2v) is 6.07. The molecule has 0 unspecified atom stereocenters. The quantitative estimate of drug-likeness (QED) is 0.446. The lowest BCUT2D eigenvalue weighted by Crippen LogP contribution is -2.17. The van der Waals surface area contributed by atoms with Crippen LogP contribution < -0.4 is 5.48 Å². The van der Waals surface area contributed by atoms with Gasteiger partial charge in [0, 0.05) is 18.9 Å². The average Bonchev–Trinajstić information content (AvgIpc) is 3.31. The summed E-state index contributed by atoms with van der Waals surface area (Å²) in [5.41, 5.74) is 4.04. The van der Waals surface area contributed by atoms with E-state index >= 15 is 0 Å². The fourth-order valence-corrected chi connectivity index (χ4v) is 2.99. The first-order chi connectivity index (χ1) is 10.8. The van der Waals surface area contributed by atoms with Crippen molar-refractivity contribution in [2.24, 2.45) is 0 Å². The van der Waals surface area contributed by atoms with E-state index in [1.807, 2.05) is 6.07 Å². The predicted octanol–water partition coefficient (Wildman–Crippen LogP) is 3.37. The number of nitrogens with zero attached hydrogens (tertiary/aromatic N) is 2. The maximum atomic E-state index is 10.9. The van der Waals surface area contributed by atoms with Gasteiger partial charge < -0.3 is 4.57 Å². The van der Waals surface area contributed by atoms with Gasteiger partial charge in [0.05, 0.1) is 11.0 Å². The molecule has 1 heterocycles. The summed E-state index contributed by atoms with van der Waals surface area (Å²) in [6, 6.07) is 9.03. The minimum Gasteiger partial charge on any atom is -0.325 e.